The van der Waals surface area contributed by atoms with Gasteiger partial charge in [0.25, 0.3) is 0 Å². The topological polar surface area (TPSA) is 78.8 Å². The molecule has 0 saturated carbocycles. The smallest absolute Gasteiger partial charge is 0.250 e. The molecule has 0 amide bonds. The Kier molecular flexibility index (Phi) is 6.68. The van der Waals surface area contributed by atoms with Gasteiger partial charge in [-0.05, 0) is 36.6 Å². The first-order valence-electron chi connectivity index (χ1n) is 9.83. The first-order chi connectivity index (χ1) is 14.3. The van der Waals surface area contributed by atoms with Crippen molar-refractivity contribution in [2.75, 3.05) is 54.6 Å². The third kappa shape index (κ3) is 5.51. The molecule has 2 aromatic rings. The number of benzene rings is 1. The summed E-state index contributed by atoms with van der Waals surface area (Å²) < 4.78 is 6.50. The molecule has 152 valence electrons. The molecular weight excluding hydrogens is 434 g/mol. The Morgan fingerprint density at radius 2 is 1.59 bits per heavy atom. The zero-order chi connectivity index (χ0) is 19.9. The molecule has 1 aromatic carbocycles. The van der Waals surface area contributed by atoms with Crippen molar-refractivity contribution in [1.29, 1.82) is 0 Å². The number of nitrogens with zero attached hydrogens (tertiary/aromatic N) is 6. The third-order valence-corrected chi connectivity index (χ3v) is 5.31. The Hall–Kier alpha value is -2.52. The minimum Gasteiger partial charge on any atom is -0.378 e. The van der Waals surface area contributed by atoms with E-state index in [0.29, 0.717) is 31.1 Å². The number of morpholine rings is 1. The predicted octanol–water partition coefficient (Wildman–Crippen LogP) is 3.18. The number of rotatable bonds is 6. The molecule has 2 fully saturated rings. The molecule has 8 nitrogen and oxygen atoms in total. The molecule has 4 rings (SSSR count). The molecule has 0 bridgehead atoms. The van der Waals surface area contributed by atoms with E-state index in [1.165, 1.54) is 12.8 Å². The largest absolute Gasteiger partial charge is 0.378 e. The van der Waals surface area contributed by atoms with Crippen molar-refractivity contribution >= 4 is 46.1 Å². The van der Waals surface area contributed by atoms with E-state index >= 15 is 0 Å². The van der Waals surface area contributed by atoms with Crippen molar-refractivity contribution in [3.8, 4) is 0 Å². The molecule has 0 radical (unpaired) electrons. The van der Waals surface area contributed by atoms with Crippen LogP contribution in [-0.4, -0.2) is 60.6 Å². The summed E-state index contributed by atoms with van der Waals surface area (Å²) in [4.78, 5) is 18.2. The Bertz CT molecular complexity index is 860. The van der Waals surface area contributed by atoms with Gasteiger partial charge in [0.2, 0.25) is 17.8 Å². The predicted molar refractivity (Wildman–Crippen MR) is 120 cm³/mol. The van der Waals surface area contributed by atoms with Crippen LogP contribution in [0.15, 0.2) is 39.9 Å². The summed E-state index contributed by atoms with van der Waals surface area (Å²) in [7, 11) is 0. The maximum atomic E-state index is 5.44. The summed E-state index contributed by atoms with van der Waals surface area (Å²) in [6, 6.07) is 8.08. The van der Waals surface area contributed by atoms with Crippen molar-refractivity contribution in [2.45, 2.75) is 12.8 Å². The fraction of sp³-hybridized carbons (Fsp3) is 0.400. The van der Waals surface area contributed by atoms with Crippen LogP contribution in [0.25, 0.3) is 6.08 Å². The maximum Gasteiger partial charge on any atom is 0.250 e. The molecule has 2 aliphatic heterocycles. The molecule has 1 N–H and O–H groups in total. The van der Waals surface area contributed by atoms with Crippen molar-refractivity contribution in [1.82, 2.24) is 15.0 Å². The van der Waals surface area contributed by atoms with E-state index in [-0.39, 0.29) is 0 Å². The summed E-state index contributed by atoms with van der Waals surface area (Å²) in [5.41, 5.74) is 4.05. The molecule has 0 atom stereocenters. The average Bonchev–Trinajstić information content (AvgIpc) is 3.30. The lowest BCUT2D eigenvalue weighted by Crippen LogP contribution is -2.38. The normalized spacial score (nSPS) is 17.6. The van der Waals surface area contributed by atoms with Gasteiger partial charge in [-0.2, -0.15) is 20.1 Å². The standard InChI is InChI=1S/C20H24BrN7O/c21-17-7-5-16(6-8-17)4-3-9-22-26-18-23-19(27-10-1-2-11-27)25-20(24-18)28-12-14-29-15-13-28/h3-9H,1-2,10-15H2,(H,23,24,25,26). The second-order valence-corrected chi connectivity index (χ2v) is 7.77. The minimum absolute atomic E-state index is 0.455. The summed E-state index contributed by atoms with van der Waals surface area (Å²) in [5.74, 6) is 1.84. The molecular formula is C20H24BrN7O. The lowest BCUT2D eigenvalue weighted by atomic mass is 10.2. The van der Waals surface area contributed by atoms with Gasteiger partial charge in [-0.1, -0.05) is 34.1 Å². The van der Waals surface area contributed by atoms with Gasteiger partial charge in [0, 0.05) is 36.9 Å². The van der Waals surface area contributed by atoms with Crippen LogP contribution in [0.1, 0.15) is 18.4 Å². The molecule has 0 spiro atoms. The van der Waals surface area contributed by atoms with Gasteiger partial charge in [-0.15, -0.1) is 0 Å². The first kappa shape index (κ1) is 19.8. The number of allylic oxidation sites excluding steroid dienone is 1. The van der Waals surface area contributed by atoms with E-state index in [1.54, 1.807) is 6.21 Å². The number of nitrogens with one attached hydrogen (secondary N) is 1. The third-order valence-electron chi connectivity index (χ3n) is 4.78. The van der Waals surface area contributed by atoms with Gasteiger partial charge in [0.05, 0.1) is 13.2 Å². The highest BCUT2D eigenvalue weighted by Gasteiger charge is 2.20. The van der Waals surface area contributed by atoms with Gasteiger partial charge >= 0.3 is 0 Å². The van der Waals surface area contributed by atoms with Gasteiger partial charge in [-0.3, -0.25) is 0 Å². The lowest BCUT2D eigenvalue weighted by Gasteiger charge is -2.27. The Labute approximate surface area is 178 Å². The Balaban J connectivity index is 1.46. The highest BCUT2D eigenvalue weighted by atomic mass is 79.9. The lowest BCUT2D eigenvalue weighted by molar-refractivity contribution is 0.122. The van der Waals surface area contributed by atoms with Crippen LogP contribution in [0, 0.1) is 0 Å². The van der Waals surface area contributed by atoms with Crippen LogP contribution in [0.2, 0.25) is 0 Å². The van der Waals surface area contributed by atoms with Crippen molar-refractivity contribution < 1.29 is 4.74 Å². The first-order valence-corrected chi connectivity index (χ1v) is 10.6. The number of aromatic nitrogens is 3. The van der Waals surface area contributed by atoms with Crippen LogP contribution >= 0.6 is 15.9 Å². The van der Waals surface area contributed by atoms with Gasteiger partial charge in [-0.25, -0.2) is 5.43 Å². The van der Waals surface area contributed by atoms with E-state index in [0.717, 1.165) is 36.2 Å². The van der Waals surface area contributed by atoms with E-state index < -0.39 is 0 Å². The highest BCUT2D eigenvalue weighted by Crippen LogP contribution is 2.21. The van der Waals surface area contributed by atoms with Crippen LogP contribution in [0.3, 0.4) is 0 Å². The SMILES string of the molecule is Brc1ccc(C=CC=NNc2nc(N3CCCC3)nc(N3CCOCC3)n2)cc1. The molecule has 29 heavy (non-hydrogen) atoms. The number of ether oxygens (including phenoxy) is 1. The fourth-order valence-corrected chi connectivity index (χ4v) is 3.50. The molecule has 0 aliphatic carbocycles. The van der Waals surface area contributed by atoms with E-state index in [2.05, 4.69) is 46.2 Å². The summed E-state index contributed by atoms with van der Waals surface area (Å²) in [5, 5.41) is 4.24. The molecule has 9 heteroatoms. The monoisotopic (exact) mass is 457 g/mol. The highest BCUT2D eigenvalue weighted by molar-refractivity contribution is 9.10. The van der Waals surface area contributed by atoms with Crippen LogP contribution < -0.4 is 15.2 Å². The number of halogens is 1. The molecule has 0 unspecified atom stereocenters. The van der Waals surface area contributed by atoms with Crippen LogP contribution in [-0.2, 0) is 4.74 Å². The Morgan fingerprint density at radius 3 is 2.28 bits per heavy atom. The summed E-state index contributed by atoms with van der Waals surface area (Å²) in [6.07, 6.45) is 7.89. The van der Waals surface area contributed by atoms with Crippen molar-refractivity contribution in [3.63, 3.8) is 0 Å². The summed E-state index contributed by atoms with van der Waals surface area (Å²) >= 11 is 3.44. The van der Waals surface area contributed by atoms with Crippen molar-refractivity contribution in [2.24, 2.45) is 5.10 Å². The number of hydrazone groups is 1. The van der Waals surface area contributed by atoms with E-state index in [1.807, 2.05) is 36.4 Å². The number of hydrogen-bond donors (Lipinski definition) is 1. The average molecular weight is 458 g/mol. The second-order valence-electron chi connectivity index (χ2n) is 6.85. The Morgan fingerprint density at radius 1 is 0.931 bits per heavy atom. The zero-order valence-electron chi connectivity index (χ0n) is 16.2. The second kappa shape index (κ2) is 9.80. The molecule has 2 aliphatic rings. The minimum atomic E-state index is 0.455. The van der Waals surface area contributed by atoms with Gasteiger partial charge in [0.15, 0.2) is 0 Å². The van der Waals surface area contributed by atoms with Crippen LogP contribution in [0.5, 0.6) is 0 Å². The number of anilines is 3. The number of hydrogen-bond acceptors (Lipinski definition) is 8. The molecule has 3 heterocycles. The maximum absolute atomic E-state index is 5.44. The zero-order valence-corrected chi connectivity index (χ0v) is 17.8. The van der Waals surface area contributed by atoms with Gasteiger partial charge in [0.1, 0.15) is 0 Å². The fourth-order valence-electron chi connectivity index (χ4n) is 3.23. The quantitative estimate of drug-likeness (QED) is 0.526. The summed E-state index contributed by atoms with van der Waals surface area (Å²) in [6.45, 7) is 4.89. The van der Waals surface area contributed by atoms with Gasteiger partial charge < -0.3 is 14.5 Å². The van der Waals surface area contributed by atoms with Crippen molar-refractivity contribution in [3.05, 3.63) is 40.4 Å². The molecule has 2 saturated heterocycles. The molecule has 1 aromatic heterocycles. The van der Waals surface area contributed by atoms with E-state index in [4.69, 9.17) is 9.72 Å². The van der Waals surface area contributed by atoms with Crippen LogP contribution in [0.4, 0.5) is 17.8 Å². The van der Waals surface area contributed by atoms with E-state index in [9.17, 15) is 0 Å².